The second-order valence-corrected chi connectivity index (χ2v) is 7.74. The Morgan fingerprint density at radius 3 is 2.36 bits per heavy atom. The van der Waals surface area contributed by atoms with E-state index in [4.69, 9.17) is 0 Å². The van der Waals surface area contributed by atoms with E-state index in [0.717, 1.165) is 29.8 Å². The second kappa shape index (κ2) is 9.82. The number of alkyl halides is 3. The molecule has 0 bridgehead atoms. The summed E-state index contributed by atoms with van der Waals surface area (Å²) in [5, 5.41) is 20.7. The molecule has 4 rings (SSSR count). The number of nitro benzene ring substituents is 1. The van der Waals surface area contributed by atoms with Gasteiger partial charge in [0.05, 0.1) is 21.6 Å². The first kappa shape index (κ1) is 24.3. The zero-order chi connectivity index (χ0) is 25.9. The summed E-state index contributed by atoms with van der Waals surface area (Å²) in [6, 6.07) is 14.4. The Morgan fingerprint density at radius 2 is 1.72 bits per heavy atom. The van der Waals surface area contributed by atoms with Crippen molar-refractivity contribution in [3.63, 3.8) is 0 Å². The minimum absolute atomic E-state index is 0.0123. The summed E-state index contributed by atoms with van der Waals surface area (Å²) in [5.41, 5.74) is 0.283. The molecular weight excluding hydrogens is 477 g/mol. The number of fused-ring (bicyclic) bond motifs is 1. The molecule has 182 valence electrons. The number of nitrogens with one attached hydrogen (secondary N) is 2. The van der Waals surface area contributed by atoms with Crippen molar-refractivity contribution in [1.29, 1.82) is 0 Å². The number of carbonyl (C=O) groups excluding carboxylic acids is 1. The molecule has 0 spiro atoms. The molecule has 0 aliphatic rings. The number of carbonyl (C=O) groups is 1. The minimum Gasteiger partial charge on any atom is -0.322 e. The van der Waals surface area contributed by atoms with Crippen LogP contribution in [0.3, 0.4) is 0 Å². The summed E-state index contributed by atoms with van der Waals surface area (Å²) >= 11 is 0. The molecule has 0 unspecified atom stereocenters. The van der Waals surface area contributed by atoms with Crippen LogP contribution in [-0.4, -0.2) is 21.0 Å². The number of nitrogens with zero attached hydrogens (tertiary/aromatic N) is 2. The molecule has 8 nitrogen and oxygen atoms in total. The van der Waals surface area contributed by atoms with E-state index in [1.165, 1.54) is 18.2 Å². The first-order chi connectivity index (χ1) is 17.1. The Bertz CT molecular complexity index is 1530. The average Bonchev–Trinajstić information content (AvgIpc) is 2.85. The van der Waals surface area contributed by atoms with Crippen LogP contribution in [0.25, 0.3) is 16.8 Å². The van der Waals surface area contributed by atoms with Crippen molar-refractivity contribution in [3.8, 4) is 0 Å². The van der Waals surface area contributed by atoms with Gasteiger partial charge >= 0.3 is 6.18 Å². The SMILES string of the molecule is O=C(Nc1ccc2c(CC=Cc3ccc([N+](=O)[O-])cc3)n[nH]c(=O)c2c1)c1ccc(C(F)(F)F)cc1. The van der Waals surface area contributed by atoms with E-state index in [1.54, 1.807) is 36.4 Å². The van der Waals surface area contributed by atoms with Gasteiger partial charge in [-0.1, -0.05) is 18.2 Å². The van der Waals surface area contributed by atoms with E-state index in [-0.39, 0.29) is 22.3 Å². The first-order valence-electron chi connectivity index (χ1n) is 10.5. The van der Waals surface area contributed by atoms with E-state index in [2.05, 4.69) is 15.5 Å². The molecule has 0 aliphatic carbocycles. The fourth-order valence-corrected chi connectivity index (χ4v) is 3.48. The highest BCUT2D eigenvalue weighted by Gasteiger charge is 2.30. The summed E-state index contributed by atoms with van der Waals surface area (Å²) in [4.78, 5) is 35.1. The van der Waals surface area contributed by atoms with Crippen molar-refractivity contribution in [2.24, 2.45) is 0 Å². The van der Waals surface area contributed by atoms with E-state index >= 15 is 0 Å². The normalized spacial score (nSPS) is 11.6. The number of hydrogen-bond acceptors (Lipinski definition) is 5. The standard InChI is InChI=1S/C25H17F3N4O4/c26-25(27,28)17-8-6-16(7-9-17)23(33)29-18-10-13-20-21(14-18)24(34)31-30-22(20)3-1-2-15-4-11-19(12-5-15)32(35)36/h1-2,4-14H,3H2,(H,29,33)(H,31,34). The molecule has 0 atom stereocenters. The lowest BCUT2D eigenvalue weighted by Gasteiger charge is -2.09. The van der Waals surface area contributed by atoms with Gasteiger partial charge in [-0.05, 0) is 54.1 Å². The van der Waals surface area contributed by atoms with Gasteiger partial charge in [0.15, 0.2) is 0 Å². The largest absolute Gasteiger partial charge is 0.416 e. The lowest BCUT2D eigenvalue weighted by Crippen LogP contribution is -2.14. The highest BCUT2D eigenvalue weighted by Crippen LogP contribution is 2.29. The lowest BCUT2D eigenvalue weighted by atomic mass is 10.1. The highest BCUT2D eigenvalue weighted by molar-refractivity contribution is 6.05. The number of allylic oxidation sites excluding steroid dienone is 1. The minimum atomic E-state index is -4.50. The van der Waals surface area contributed by atoms with Gasteiger partial charge in [0.25, 0.3) is 17.2 Å². The van der Waals surface area contributed by atoms with Crippen LogP contribution >= 0.6 is 0 Å². The Labute approximate surface area is 201 Å². The van der Waals surface area contributed by atoms with Gasteiger partial charge < -0.3 is 5.32 Å². The molecule has 0 radical (unpaired) electrons. The van der Waals surface area contributed by atoms with Crippen LogP contribution in [0.5, 0.6) is 0 Å². The number of H-pyrrole nitrogens is 1. The molecule has 1 amide bonds. The quantitative estimate of drug-likeness (QED) is 0.276. The monoisotopic (exact) mass is 494 g/mol. The topological polar surface area (TPSA) is 118 Å². The fourth-order valence-electron chi connectivity index (χ4n) is 3.48. The molecule has 1 heterocycles. The van der Waals surface area contributed by atoms with E-state index < -0.39 is 28.1 Å². The number of halogens is 3. The summed E-state index contributed by atoms with van der Waals surface area (Å²) in [7, 11) is 0. The van der Waals surface area contributed by atoms with Crippen LogP contribution in [0.4, 0.5) is 24.5 Å². The number of rotatable bonds is 6. The Hall–Kier alpha value is -4.80. The van der Waals surface area contributed by atoms with E-state index in [1.807, 2.05) is 0 Å². The number of aromatic nitrogens is 2. The van der Waals surface area contributed by atoms with Crippen molar-refractivity contribution in [2.45, 2.75) is 12.6 Å². The fraction of sp³-hybridized carbons (Fsp3) is 0.0800. The number of amides is 1. The third-order valence-corrected chi connectivity index (χ3v) is 5.33. The van der Waals surface area contributed by atoms with Crippen LogP contribution in [0.2, 0.25) is 0 Å². The lowest BCUT2D eigenvalue weighted by molar-refractivity contribution is -0.384. The second-order valence-electron chi connectivity index (χ2n) is 7.74. The Balaban J connectivity index is 1.51. The first-order valence-corrected chi connectivity index (χ1v) is 10.5. The number of benzene rings is 3. The van der Waals surface area contributed by atoms with Gasteiger partial charge in [-0.2, -0.15) is 18.3 Å². The number of anilines is 1. The van der Waals surface area contributed by atoms with Gasteiger partial charge in [0, 0.05) is 35.2 Å². The van der Waals surface area contributed by atoms with Gasteiger partial charge in [-0.15, -0.1) is 0 Å². The van der Waals surface area contributed by atoms with Crippen LogP contribution in [0.15, 0.2) is 77.6 Å². The molecule has 3 aromatic carbocycles. The zero-order valence-electron chi connectivity index (χ0n) is 18.4. The molecule has 0 saturated heterocycles. The maximum absolute atomic E-state index is 12.7. The molecular formula is C25H17F3N4O4. The van der Waals surface area contributed by atoms with Crippen LogP contribution in [0.1, 0.15) is 27.2 Å². The van der Waals surface area contributed by atoms with Crippen molar-refractivity contribution in [1.82, 2.24) is 10.2 Å². The van der Waals surface area contributed by atoms with Crippen LogP contribution in [-0.2, 0) is 12.6 Å². The third kappa shape index (κ3) is 5.46. The maximum Gasteiger partial charge on any atom is 0.416 e. The smallest absolute Gasteiger partial charge is 0.322 e. The van der Waals surface area contributed by atoms with Crippen molar-refractivity contribution in [2.75, 3.05) is 5.32 Å². The molecule has 36 heavy (non-hydrogen) atoms. The average molecular weight is 494 g/mol. The van der Waals surface area contributed by atoms with Crippen molar-refractivity contribution >= 4 is 34.1 Å². The number of aromatic amines is 1. The zero-order valence-corrected chi connectivity index (χ0v) is 18.4. The highest BCUT2D eigenvalue weighted by atomic mass is 19.4. The summed E-state index contributed by atoms with van der Waals surface area (Å²) in [6.07, 6.45) is -0.596. The molecule has 2 N–H and O–H groups in total. The number of nitro groups is 1. The van der Waals surface area contributed by atoms with Gasteiger partial charge in [-0.3, -0.25) is 19.7 Å². The molecule has 4 aromatic rings. The van der Waals surface area contributed by atoms with Crippen molar-refractivity contribution in [3.05, 3.63) is 116 Å². The molecule has 0 aliphatic heterocycles. The van der Waals surface area contributed by atoms with Gasteiger partial charge in [0.2, 0.25) is 0 Å². The number of non-ortho nitro benzene ring substituents is 1. The predicted molar refractivity (Wildman–Crippen MR) is 128 cm³/mol. The number of hydrogen-bond donors (Lipinski definition) is 2. The summed E-state index contributed by atoms with van der Waals surface area (Å²) in [5.74, 6) is -0.625. The third-order valence-electron chi connectivity index (χ3n) is 5.33. The molecule has 0 saturated carbocycles. The molecule has 1 aromatic heterocycles. The maximum atomic E-state index is 12.7. The van der Waals surface area contributed by atoms with E-state index in [9.17, 15) is 32.9 Å². The van der Waals surface area contributed by atoms with Crippen LogP contribution < -0.4 is 10.9 Å². The van der Waals surface area contributed by atoms with Crippen molar-refractivity contribution < 1.29 is 22.9 Å². The van der Waals surface area contributed by atoms with Crippen LogP contribution in [0, 0.1) is 10.1 Å². The summed E-state index contributed by atoms with van der Waals surface area (Å²) < 4.78 is 38.2. The predicted octanol–water partition coefficient (Wildman–Crippen LogP) is 5.36. The Kier molecular flexibility index (Phi) is 6.64. The Morgan fingerprint density at radius 1 is 1.03 bits per heavy atom. The molecule has 0 fully saturated rings. The van der Waals surface area contributed by atoms with Gasteiger partial charge in [-0.25, -0.2) is 5.10 Å². The summed E-state index contributed by atoms with van der Waals surface area (Å²) in [6.45, 7) is 0. The van der Waals surface area contributed by atoms with E-state index in [0.29, 0.717) is 17.5 Å². The molecule has 11 heteroatoms. The van der Waals surface area contributed by atoms with Gasteiger partial charge in [0.1, 0.15) is 0 Å².